The van der Waals surface area contributed by atoms with Crippen LogP contribution in [-0.4, -0.2) is 50.7 Å². The Kier molecular flexibility index (Phi) is 4.26. The molecular formula is C13H15F3N4O2S. The average Bonchev–Trinajstić information content (AvgIpc) is 3.15. The summed E-state index contributed by atoms with van der Waals surface area (Å²) in [6, 6.07) is 0.109. The predicted molar refractivity (Wildman–Crippen MR) is 76.9 cm³/mol. The van der Waals surface area contributed by atoms with Crippen LogP contribution in [0.5, 0.6) is 0 Å². The Morgan fingerprint density at radius 3 is 2.83 bits per heavy atom. The molecule has 0 aromatic carbocycles. The van der Waals surface area contributed by atoms with Gasteiger partial charge in [-0.25, -0.2) is 0 Å². The van der Waals surface area contributed by atoms with Crippen molar-refractivity contribution in [1.82, 2.24) is 20.0 Å². The maximum absolute atomic E-state index is 12.6. The van der Waals surface area contributed by atoms with Crippen molar-refractivity contribution in [1.29, 1.82) is 0 Å². The molecule has 2 aliphatic rings. The van der Waals surface area contributed by atoms with E-state index in [2.05, 4.69) is 10.4 Å². The fourth-order valence-corrected chi connectivity index (χ4v) is 3.57. The lowest BCUT2D eigenvalue weighted by molar-refractivity contribution is -0.142. The van der Waals surface area contributed by atoms with Gasteiger partial charge < -0.3 is 10.2 Å². The van der Waals surface area contributed by atoms with Crippen molar-refractivity contribution in [3.63, 3.8) is 0 Å². The largest absolute Gasteiger partial charge is 0.435 e. The van der Waals surface area contributed by atoms with Crippen molar-refractivity contribution < 1.29 is 22.8 Å². The first-order chi connectivity index (χ1) is 10.8. The molecule has 3 heterocycles. The van der Waals surface area contributed by atoms with Gasteiger partial charge in [-0.1, -0.05) is 11.8 Å². The van der Waals surface area contributed by atoms with E-state index in [0.717, 1.165) is 17.8 Å². The quantitative estimate of drug-likeness (QED) is 0.886. The first-order valence-corrected chi connectivity index (χ1v) is 8.17. The zero-order chi connectivity index (χ0) is 16.6. The van der Waals surface area contributed by atoms with Crippen molar-refractivity contribution in [3.05, 3.63) is 18.0 Å². The van der Waals surface area contributed by atoms with E-state index in [-0.39, 0.29) is 17.2 Å². The Morgan fingerprint density at radius 1 is 1.43 bits per heavy atom. The SMILES string of the molecule is O=C1N[C@H](C(=O)N2CCC[C@H](n3ccc(C(F)(F)F)n3)C2)CS1. The molecule has 2 atom stereocenters. The molecule has 0 aliphatic carbocycles. The number of piperidine rings is 1. The number of rotatable bonds is 2. The zero-order valence-corrected chi connectivity index (χ0v) is 12.9. The van der Waals surface area contributed by atoms with Gasteiger partial charge in [-0.15, -0.1) is 0 Å². The highest BCUT2D eigenvalue weighted by atomic mass is 32.2. The number of hydrogen-bond acceptors (Lipinski definition) is 4. The summed E-state index contributed by atoms with van der Waals surface area (Å²) in [6.07, 6.45) is -1.82. The van der Waals surface area contributed by atoms with E-state index in [1.807, 2.05) is 0 Å². The molecule has 2 aliphatic heterocycles. The highest BCUT2D eigenvalue weighted by molar-refractivity contribution is 8.14. The van der Waals surface area contributed by atoms with E-state index in [9.17, 15) is 22.8 Å². The highest BCUT2D eigenvalue weighted by Gasteiger charge is 2.36. The fraction of sp³-hybridized carbons (Fsp3) is 0.615. The molecule has 1 aromatic rings. The summed E-state index contributed by atoms with van der Waals surface area (Å²) in [6.45, 7) is 0.842. The van der Waals surface area contributed by atoms with Crippen LogP contribution in [0, 0.1) is 0 Å². The van der Waals surface area contributed by atoms with Crippen LogP contribution in [0.15, 0.2) is 12.3 Å². The molecule has 3 rings (SSSR count). The van der Waals surface area contributed by atoms with Gasteiger partial charge >= 0.3 is 6.18 Å². The van der Waals surface area contributed by atoms with Crippen molar-refractivity contribution in [2.75, 3.05) is 18.8 Å². The Hall–Kier alpha value is -1.71. The van der Waals surface area contributed by atoms with Crippen LogP contribution in [0.2, 0.25) is 0 Å². The third-order valence-corrected chi connectivity index (χ3v) is 4.83. The van der Waals surface area contributed by atoms with Gasteiger partial charge in [0.25, 0.3) is 5.24 Å². The summed E-state index contributed by atoms with van der Waals surface area (Å²) in [7, 11) is 0. The second-order valence-electron chi connectivity index (χ2n) is 5.55. The molecule has 2 saturated heterocycles. The molecule has 0 saturated carbocycles. The lowest BCUT2D eigenvalue weighted by Gasteiger charge is -2.34. The molecule has 10 heteroatoms. The average molecular weight is 348 g/mol. The number of thioether (sulfide) groups is 1. The maximum Gasteiger partial charge on any atom is 0.435 e. The minimum Gasteiger partial charge on any atom is -0.339 e. The number of alkyl halides is 3. The van der Waals surface area contributed by atoms with Gasteiger partial charge in [0.05, 0.1) is 6.04 Å². The second-order valence-corrected chi connectivity index (χ2v) is 6.55. The molecule has 1 aromatic heterocycles. The molecular weight excluding hydrogens is 333 g/mol. The first-order valence-electron chi connectivity index (χ1n) is 7.19. The topological polar surface area (TPSA) is 67.2 Å². The molecule has 126 valence electrons. The van der Waals surface area contributed by atoms with Gasteiger partial charge in [-0.2, -0.15) is 18.3 Å². The monoisotopic (exact) mass is 348 g/mol. The number of hydrogen-bond donors (Lipinski definition) is 1. The van der Waals surface area contributed by atoms with Gasteiger partial charge in [-0.05, 0) is 18.9 Å². The summed E-state index contributed by atoms with van der Waals surface area (Å²) in [5.41, 5.74) is -0.930. The van der Waals surface area contributed by atoms with Gasteiger partial charge in [0.1, 0.15) is 6.04 Å². The summed E-state index contributed by atoms with van der Waals surface area (Å²) >= 11 is 1.06. The van der Waals surface area contributed by atoms with Crippen LogP contribution >= 0.6 is 11.8 Å². The fourth-order valence-electron chi connectivity index (χ4n) is 2.80. The maximum atomic E-state index is 12.6. The van der Waals surface area contributed by atoms with Crippen LogP contribution in [-0.2, 0) is 11.0 Å². The number of aromatic nitrogens is 2. The Morgan fingerprint density at radius 2 is 2.22 bits per heavy atom. The van der Waals surface area contributed by atoms with Gasteiger partial charge in [-0.3, -0.25) is 14.3 Å². The number of amides is 2. The lowest BCUT2D eigenvalue weighted by Crippen LogP contribution is -2.49. The van der Waals surface area contributed by atoms with Crippen molar-refractivity contribution in [2.24, 2.45) is 0 Å². The van der Waals surface area contributed by atoms with Gasteiger partial charge in [0, 0.05) is 25.0 Å². The molecule has 0 radical (unpaired) electrons. The van der Waals surface area contributed by atoms with Crippen LogP contribution in [0.25, 0.3) is 0 Å². The third-order valence-electron chi connectivity index (χ3n) is 3.95. The second kappa shape index (κ2) is 6.06. The van der Waals surface area contributed by atoms with E-state index in [1.54, 1.807) is 4.90 Å². The molecule has 2 amide bonds. The van der Waals surface area contributed by atoms with E-state index >= 15 is 0 Å². The smallest absolute Gasteiger partial charge is 0.339 e. The normalized spacial score (nSPS) is 25.5. The molecule has 1 N–H and O–H groups in total. The standard InChI is InChI=1S/C13H15F3N4O2S/c14-13(15,16)10-3-5-20(18-10)8-2-1-4-19(6-8)11(21)9-7-23-12(22)17-9/h3,5,8-9H,1-2,4,6-7H2,(H,17,22)/t8-,9-/m0/s1. The molecule has 2 fully saturated rings. The predicted octanol–water partition coefficient (Wildman–Crippen LogP) is 1.89. The number of nitrogens with zero attached hydrogens (tertiary/aromatic N) is 3. The molecule has 0 spiro atoms. The van der Waals surface area contributed by atoms with Crippen LogP contribution in [0.4, 0.5) is 18.0 Å². The van der Waals surface area contributed by atoms with E-state index < -0.39 is 17.9 Å². The van der Waals surface area contributed by atoms with E-state index in [4.69, 9.17) is 0 Å². The van der Waals surface area contributed by atoms with Crippen molar-refractivity contribution >= 4 is 22.9 Å². The molecule has 6 nitrogen and oxygen atoms in total. The van der Waals surface area contributed by atoms with Crippen LogP contribution in [0.3, 0.4) is 0 Å². The third kappa shape index (κ3) is 3.46. The number of carbonyl (C=O) groups excluding carboxylic acids is 2. The summed E-state index contributed by atoms with van der Waals surface area (Å²) in [5.74, 6) is 0.204. The number of carbonyl (C=O) groups is 2. The molecule has 0 bridgehead atoms. The summed E-state index contributed by atoms with van der Waals surface area (Å²) < 4.78 is 39.2. The Balaban J connectivity index is 1.67. The minimum absolute atomic E-state index is 0.184. The zero-order valence-electron chi connectivity index (χ0n) is 12.0. The van der Waals surface area contributed by atoms with Gasteiger partial charge in [0.2, 0.25) is 5.91 Å². The minimum atomic E-state index is -4.47. The van der Waals surface area contributed by atoms with E-state index in [0.29, 0.717) is 31.7 Å². The summed E-state index contributed by atoms with van der Waals surface area (Å²) in [5, 5.41) is 5.96. The number of likely N-dealkylation sites (tertiary alicyclic amines) is 1. The number of nitrogens with one attached hydrogen (secondary N) is 1. The highest BCUT2D eigenvalue weighted by Crippen LogP contribution is 2.29. The van der Waals surface area contributed by atoms with Crippen molar-refractivity contribution in [2.45, 2.75) is 31.1 Å². The van der Waals surface area contributed by atoms with Crippen LogP contribution < -0.4 is 5.32 Å². The van der Waals surface area contributed by atoms with Crippen LogP contribution in [0.1, 0.15) is 24.6 Å². The summed E-state index contributed by atoms with van der Waals surface area (Å²) in [4.78, 5) is 25.2. The molecule has 0 unspecified atom stereocenters. The van der Waals surface area contributed by atoms with Gasteiger partial charge in [0.15, 0.2) is 5.69 Å². The van der Waals surface area contributed by atoms with E-state index in [1.165, 1.54) is 10.9 Å². The Labute approximate surface area is 134 Å². The number of halogens is 3. The Bertz CT molecular complexity index is 619. The first kappa shape index (κ1) is 16.2. The molecule has 23 heavy (non-hydrogen) atoms. The van der Waals surface area contributed by atoms with Crippen molar-refractivity contribution in [3.8, 4) is 0 Å². The lowest BCUT2D eigenvalue weighted by atomic mass is 10.1.